The predicted octanol–water partition coefficient (Wildman–Crippen LogP) is 3.55. The van der Waals surface area contributed by atoms with Crippen molar-refractivity contribution in [3.63, 3.8) is 0 Å². The molecular weight excluding hydrogens is 248 g/mol. The second kappa shape index (κ2) is 5.74. The molecule has 0 unspecified atom stereocenters. The standard InChI is InChI=1S/C14H15ClN2O/c1-10-12(15)5-2-6-13(10)17-14(18)8-7-11-4-3-9-16-11/h2-6,9,16H,7-8H2,1H3,(H,17,18). The molecule has 2 rings (SSSR count). The van der Waals surface area contributed by atoms with Gasteiger partial charge in [0, 0.05) is 29.0 Å². The number of aromatic nitrogens is 1. The molecule has 1 heterocycles. The molecular formula is C14H15ClN2O. The first-order chi connectivity index (χ1) is 8.66. The number of H-pyrrole nitrogens is 1. The molecule has 1 aromatic heterocycles. The number of nitrogens with one attached hydrogen (secondary N) is 2. The van der Waals surface area contributed by atoms with E-state index in [1.165, 1.54) is 0 Å². The molecule has 0 fully saturated rings. The Kier molecular flexibility index (Phi) is 4.05. The van der Waals surface area contributed by atoms with E-state index in [2.05, 4.69) is 10.3 Å². The Labute approximate surface area is 111 Å². The first-order valence-electron chi connectivity index (χ1n) is 5.84. The number of anilines is 1. The van der Waals surface area contributed by atoms with Crippen LogP contribution in [0.3, 0.4) is 0 Å². The topological polar surface area (TPSA) is 44.9 Å². The summed E-state index contributed by atoms with van der Waals surface area (Å²) in [6.45, 7) is 1.89. The number of hydrogen-bond acceptors (Lipinski definition) is 1. The van der Waals surface area contributed by atoms with Crippen LogP contribution in [0.2, 0.25) is 5.02 Å². The molecule has 0 spiro atoms. The Morgan fingerprint density at radius 1 is 1.33 bits per heavy atom. The fourth-order valence-electron chi connectivity index (χ4n) is 1.73. The van der Waals surface area contributed by atoms with Gasteiger partial charge in [0.15, 0.2) is 0 Å². The third-order valence-electron chi connectivity index (χ3n) is 2.83. The third kappa shape index (κ3) is 3.14. The molecule has 2 aromatic rings. The maximum absolute atomic E-state index is 11.8. The lowest BCUT2D eigenvalue weighted by Gasteiger charge is -2.09. The second-order valence-corrected chi connectivity index (χ2v) is 4.56. The average molecular weight is 263 g/mol. The normalized spacial score (nSPS) is 10.3. The molecule has 18 heavy (non-hydrogen) atoms. The van der Waals surface area contributed by atoms with Gasteiger partial charge in [-0.05, 0) is 43.2 Å². The van der Waals surface area contributed by atoms with Crippen molar-refractivity contribution in [2.45, 2.75) is 19.8 Å². The molecule has 0 aliphatic carbocycles. The van der Waals surface area contributed by atoms with Gasteiger partial charge in [-0.3, -0.25) is 4.79 Å². The average Bonchev–Trinajstić information content (AvgIpc) is 2.86. The molecule has 3 nitrogen and oxygen atoms in total. The number of aryl methyl sites for hydroxylation is 1. The van der Waals surface area contributed by atoms with Crippen molar-refractivity contribution in [3.8, 4) is 0 Å². The molecule has 0 bridgehead atoms. The van der Waals surface area contributed by atoms with Crippen LogP contribution in [0.15, 0.2) is 36.5 Å². The van der Waals surface area contributed by atoms with Gasteiger partial charge >= 0.3 is 0 Å². The molecule has 4 heteroatoms. The summed E-state index contributed by atoms with van der Waals surface area (Å²) in [4.78, 5) is 14.9. The van der Waals surface area contributed by atoms with Crippen LogP contribution >= 0.6 is 11.6 Å². The van der Waals surface area contributed by atoms with E-state index in [-0.39, 0.29) is 5.91 Å². The minimum atomic E-state index is -0.00466. The molecule has 0 atom stereocenters. The van der Waals surface area contributed by atoms with Crippen LogP contribution in [0.25, 0.3) is 0 Å². The lowest BCUT2D eigenvalue weighted by Crippen LogP contribution is -2.13. The highest BCUT2D eigenvalue weighted by molar-refractivity contribution is 6.31. The zero-order chi connectivity index (χ0) is 13.0. The number of carbonyl (C=O) groups excluding carboxylic acids is 1. The van der Waals surface area contributed by atoms with E-state index < -0.39 is 0 Å². The summed E-state index contributed by atoms with van der Waals surface area (Å²) >= 11 is 6.00. The molecule has 0 saturated heterocycles. The Bertz CT molecular complexity index is 535. The lowest BCUT2D eigenvalue weighted by atomic mass is 10.2. The molecule has 1 amide bonds. The molecule has 0 saturated carbocycles. The van der Waals surface area contributed by atoms with Crippen molar-refractivity contribution in [3.05, 3.63) is 52.8 Å². The maximum atomic E-state index is 11.8. The van der Waals surface area contributed by atoms with Crippen LogP contribution in [0.5, 0.6) is 0 Å². The highest BCUT2D eigenvalue weighted by Crippen LogP contribution is 2.23. The van der Waals surface area contributed by atoms with Gasteiger partial charge in [0.2, 0.25) is 5.91 Å². The van der Waals surface area contributed by atoms with E-state index >= 15 is 0 Å². The van der Waals surface area contributed by atoms with Gasteiger partial charge in [0.25, 0.3) is 0 Å². The number of carbonyl (C=O) groups is 1. The van der Waals surface area contributed by atoms with Crippen LogP contribution in [-0.2, 0) is 11.2 Å². The maximum Gasteiger partial charge on any atom is 0.224 e. The zero-order valence-electron chi connectivity index (χ0n) is 10.2. The highest BCUT2D eigenvalue weighted by Gasteiger charge is 2.07. The molecule has 0 aliphatic heterocycles. The lowest BCUT2D eigenvalue weighted by molar-refractivity contribution is -0.116. The summed E-state index contributed by atoms with van der Waals surface area (Å²) in [6.07, 6.45) is 3.01. The predicted molar refractivity (Wildman–Crippen MR) is 73.9 cm³/mol. The van der Waals surface area contributed by atoms with Crippen LogP contribution < -0.4 is 5.32 Å². The van der Waals surface area contributed by atoms with Crippen LogP contribution in [0, 0.1) is 6.92 Å². The third-order valence-corrected chi connectivity index (χ3v) is 3.24. The first-order valence-corrected chi connectivity index (χ1v) is 6.22. The summed E-state index contributed by atoms with van der Waals surface area (Å²) in [6, 6.07) is 9.39. The van der Waals surface area contributed by atoms with Crippen molar-refractivity contribution in [1.82, 2.24) is 4.98 Å². The smallest absolute Gasteiger partial charge is 0.224 e. The molecule has 0 radical (unpaired) electrons. The van der Waals surface area contributed by atoms with E-state index in [1.54, 1.807) is 0 Å². The van der Waals surface area contributed by atoms with Crippen molar-refractivity contribution in [1.29, 1.82) is 0 Å². The fraction of sp³-hybridized carbons (Fsp3) is 0.214. The molecule has 0 aliphatic rings. The van der Waals surface area contributed by atoms with E-state index in [1.807, 2.05) is 43.5 Å². The molecule has 1 aromatic carbocycles. The number of aromatic amines is 1. The van der Waals surface area contributed by atoms with Crippen molar-refractivity contribution in [2.24, 2.45) is 0 Å². The quantitative estimate of drug-likeness (QED) is 0.870. The molecule has 2 N–H and O–H groups in total. The van der Waals surface area contributed by atoms with Gasteiger partial charge < -0.3 is 10.3 Å². The Morgan fingerprint density at radius 3 is 2.89 bits per heavy atom. The van der Waals surface area contributed by atoms with Crippen molar-refractivity contribution < 1.29 is 4.79 Å². The monoisotopic (exact) mass is 262 g/mol. The van der Waals surface area contributed by atoms with E-state index in [4.69, 9.17) is 11.6 Å². The number of benzene rings is 1. The zero-order valence-corrected chi connectivity index (χ0v) is 10.9. The Morgan fingerprint density at radius 2 is 2.17 bits per heavy atom. The number of amides is 1. The highest BCUT2D eigenvalue weighted by atomic mass is 35.5. The SMILES string of the molecule is Cc1c(Cl)cccc1NC(=O)CCc1ccc[nH]1. The summed E-state index contributed by atoms with van der Waals surface area (Å²) in [5.74, 6) is -0.00466. The van der Waals surface area contributed by atoms with E-state index in [9.17, 15) is 4.79 Å². The van der Waals surface area contributed by atoms with Gasteiger partial charge in [-0.2, -0.15) is 0 Å². The minimum Gasteiger partial charge on any atom is -0.365 e. The Balaban J connectivity index is 1.93. The van der Waals surface area contributed by atoms with E-state index in [0.717, 1.165) is 16.9 Å². The fourth-order valence-corrected chi connectivity index (χ4v) is 1.90. The summed E-state index contributed by atoms with van der Waals surface area (Å²) in [7, 11) is 0. The summed E-state index contributed by atoms with van der Waals surface area (Å²) in [5.41, 5.74) is 2.74. The minimum absolute atomic E-state index is 0.00466. The number of rotatable bonds is 4. The van der Waals surface area contributed by atoms with Gasteiger partial charge in [0.05, 0.1) is 0 Å². The molecule has 94 valence electrons. The summed E-state index contributed by atoms with van der Waals surface area (Å²) < 4.78 is 0. The van der Waals surface area contributed by atoms with Crippen LogP contribution in [0.4, 0.5) is 5.69 Å². The van der Waals surface area contributed by atoms with Crippen LogP contribution in [0.1, 0.15) is 17.7 Å². The number of halogens is 1. The number of hydrogen-bond donors (Lipinski definition) is 2. The van der Waals surface area contributed by atoms with Crippen LogP contribution in [-0.4, -0.2) is 10.9 Å². The van der Waals surface area contributed by atoms with Gasteiger partial charge in [0.1, 0.15) is 0 Å². The second-order valence-electron chi connectivity index (χ2n) is 4.16. The van der Waals surface area contributed by atoms with Gasteiger partial charge in [-0.15, -0.1) is 0 Å². The van der Waals surface area contributed by atoms with Gasteiger partial charge in [-0.1, -0.05) is 17.7 Å². The largest absolute Gasteiger partial charge is 0.365 e. The van der Waals surface area contributed by atoms with Crippen molar-refractivity contribution >= 4 is 23.2 Å². The Hall–Kier alpha value is -1.74. The van der Waals surface area contributed by atoms with Crippen molar-refractivity contribution in [2.75, 3.05) is 5.32 Å². The first kappa shape index (κ1) is 12.7. The van der Waals surface area contributed by atoms with Gasteiger partial charge in [-0.25, -0.2) is 0 Å². The summed E-state index contributed by atoms with van der Waals surface area (Å²) in [5, 5.41) is 3.54. The van der Waals surface area contributed by atoms with E-state index in [0.29, 0.717) is 17.9 Å².